The Labute approximate surface area is 167 Å². The van der Waals surface area contributed by atoms with Gasteiger partial charge in [0, 0.05) is 16.6 Å². The summed E-state index contributed by atoms with van der Waals surface area (Å²) in [6.45, 7) is -0.657. The van der Waals surface area contributed by atoms with Gasteiger partial charge in [0.1, 0.15) is 12.2 Å². The molecule has 2 rings (SSSR count). The first-order valence-corrected chi connectivity index (χ1v) is 8.59. The fourth-order valence-corrected chi connectivity index (χ4v) is 2.60. The van der Waals surface area contributed by atoms with Crippen molar-refractivity contribution in [2.24, 2.45) is 0 Å². The zero-order chi connectivity index (χ0) is 20.7. The molecule has 2 aromatic carbocycles. The summed E-state index contributed by atoms with van der Waals surface area (Å²) in [4.78, 5) is 45.8. The number of rotatable bonds is 7. The molecular formula is C18H14BrN3O6. The monoisotopic (exact) mass is 447 g/mol. The highest BCUT2D eigenvalue weighted by Gasteiger charge is 2.17. The van der Waals surface area contributed by atoms with E-state index in [2.05, 4.69) is 26.6 Å². The summed E-state index contributed by atoms with van der Waals surface area (Å²) in [7, 11) is 0. The zero-order valence-electron chi connectivity index (χ0n) is 14.2. The number of nitrogens with zero attached hydrogens (tertiary/aromatic N) is 1. The molecule has 2 aromatic rings. The van der Waals surface area contributed by atoms with Crippen LogP contribution in [0.4, 0.5) is 5.69 Å². The predicted octanol–water partition coefficient (Wildman–Crippen LogP) is 2.33. The SMILES string of the molecule is O=C(O)CNC(=O)C(=Cc1cccc([N+](=O)[O-])c1)NC(=O)c1ccccc1Br. The van der Waals surface area contributed by atoms with Gasteiger partial charge in [-0.15, -0.1) is 0 Å². The van der Waals surface area contributed by atoms with E-state index in [4.69, 9.17) is 5.11 Å². The summed E-state index contributed by atoms with van der Waals surface area (Å²) >= 11 is 3.23. The van der Waals surface area contributed by atoms with Crippen molar-refractivity contribution in [3.05, 3.63) is 79.9 Å². The molecule has 0 heterocycles. The van der Waals surface area contributed by atoms with Crippen LogP contribution in [-0.4, -0.2) is 34.4 Å². The fourth-order valence-electron chi connectivity index (χ4n) is 2.14. The van der Waals surface area contributed by atoms with E-state index in [-0.39, 0.29) is 22.5 Å². The molecule has 0 aromatic heterocycles. The van der Waals surface area contributed by atoms with E-state index in [0.717, 1.165) is 0 Å². The van der Waals surface area contributed by atoms with Gasteiger partial charge >= 0.3 is 5.97 Å². The van der Waals surface area contributed by atoms with Crippen LogP contribution >= 0.6 is 15.9 Å². The first kappa shape index (κ1) is 20.8. The number of nitro groups is 1. The first-order chi connectivity index (χ1) is 13.3. The quantitative estimate of drug-likeness (QED) is 0.338. The van der Waals surface area contributed by atoms with Crippen LogP contribution in [0.25, 0.3) is 6.08 Å². The number of carbonyl (C=O) groups excluding carboxylic acids is 2. The first-order valence-electron chi connectivity index (χ1n) is 7.80. The van der Waals surface area contributed by atoms with Crippen molar-refractivity contribution in [1.82, 2.24) is 10.6 Å². The van der Waals surface area contributed by atoms with Crippen LogP contribution in [0.15, 0.2) is 58.7 Å². The predicted molar refractivity (Wildman–Crippen MR) is 103 cm³/mol. The third kappa shape index (κ3) is 5.74. The minimum Gasteiger partial charge on any atom is -0.480 e. The number of hydrogen-bond acceptors (Lipinski definition) is 5. The molecule has 0 unspecified atom stereocenters. The second-order valence-corrected chi connectivity index (χ2v) is 6.27. The average molecular weight is 448 g/mol. The van der Waals surface area contributed by atoms with Gasteiger partial charge in [-0.1, -0.05) is 24.3 Å². The molecule has 0 saturated carbocycles. The van der Waals surface area contributed by atoms with Gasteiger partial charge in [0.2, 0.25) is 0 Å². The second kappa shape index (κ2) is 9.42. The molecular weight excluding hydrogens is 434 g/mol. The van der Waals surface area contributed by atoms with Crippen LogP contribution in [0.3, 0.4) is 0 Å². The molecule has 0 aliphatic heterocycles. The van der Waals surface area contributed by atoms with Crippen molar-refractivity contribution in [3.8, 4) is 0 Å². The maximum atomic E-state index is 12.5. The van der Waals surface area contributed by atoms with Crippen LogP contribution < -0.4 is 10.6 Å². The van der Waals surface area contributed by atoms with E-state index in [1.54, 1.807) is 18.2 Å². The number of aliphatic carboxylic acids is 1. The van der Waals surface area contributed by atoms with Gasteiger partial charge in [-0.3, -0.25) is 24.5 Å². The number of carboxylic acids is 1. The largest absolute Gasteiger partial charge is 0.480 e. The van der Waals surface area contributed by atoms with Crippen molar-refractivity contribution < 1.29 is 24.4 Å². The van der Waals surface area contributed by atoms with Gasteiger partial charge in [-0.2, -0.15) is 0 Å². The van der Waals surface area contributed by atoms with Crippen molar-refractivity contribution in [3.63, 3.8) is 0 Å². The Balaban J connectivity index is 2.36. The number of halogens is 1. The Morgan fingerprint density at radius 3 is 2.50 bits per heavy atom. The highest BCUT2D eigenvalue weighted by atomic mass is 79.9. The van der Waals surface area contributed by atoms with Crippen molar-refractivity contribution in [2.75, 3.05) is 6.54 Å². The third-order valence-corrected chi connectivity index (χ3v) is 4.10. The molecule has 0 spiro atoms. The molecule has 0 bridgehead atoms. The van der Waals surface area contributed by atoms with E-state index in [1.165, 1.54) is 36.4 Å². The number of amides is 2. The number of carboxylic acid groups (broad SMARTS) is 1. The van der Waals surface area contributed by atoms with Crippen molar-refractivity contribution in [1.29, 1.82) is 0 Å². The van der Waals surface area contributed by atoms with Crippen molar-refractivity contribution in [2.45, 2.75) is 0 Å². The molecule has 2 amide bonds. The van der Waals surface area contributed by atoms with Gasteiger partial charge in [0.15, 0.2) is 0 Å². The molecule has 9 nitrogen and oxygen atoms in total. The Bertz CT molecular complexity index is 973. The zero-order valence-corrected chi connectivity index (χ0v) is 15.8. The van der Waals surface area contributed by atoms with Gasteiger partial charge in [-0.25, -0.2) is 0 Å². The molecule has 0 saturated heterocycles. The summed E-state index contributed by atoms with van der Waals surface area (Å²) in [5.74, 6) is -2.73. The molecule has 0 radical (unpaired) electrons. The minimum atomic E-state index is -1.26. The molecule has 0 aliphatic carbocycles. The molecule has 10 heteroatoms. The molecule has 0 fully saturated rings. The molecule has 28 heavy (non-hydrogen) atoms. The average Bonchev–Trinajstić information content (AvgIpc) is 2.66. The van der Waals surface area contributed by atoms with Crippen molar-refractivity contribution >= 4 is 45.5 Å². The third-order valence-electron chi connectivity index (χ3n) is 3.40. The Morgan fingerprint density at radius 1 is 1.14 bits per heavy atom. The summed E-state index contributed by atoms with van der Waals surface area (Å²) in [6.07, 6.45) is 1.22. The molecule has 144 valence electrons. The highest BCUT2D eigenvalue weighted by molar-refractivity contribution is 9.10. The summed E-state index contributed by atoms with van der Waals surface area (Å²) in [6, 6.07) is 11.9. The standard InChI is InChI=1S/C18H14BrN3O6/c19-14-7-2-1-6-13(14)17(25)21-15(18(26)20-10-16(23)24)9-11-4-3-5-12(8-11)22(27)28/h1-9H,10H2,(H,20,26)(H,21,25)(H,23,24). The van der Waals surface area contributed by atoms with E-state index >= 15 is 0 Å². The Hall–Kier alpha value is -3.53. The normalized spacial score (nSPS) is 10.8. The van der Waals surface area contributed by atoms with Crippen LogP contribution in [0.5, 0.6) is 0 Å². The number of non-ortho nitro benzene ring substituents is 1. The second-order valence-electron chi connectivity index (χ2n) is 5.42. The number of carbonyl (C=O) groups is 3. The Kier molecular flexibility index (Phi) is 6.99. The topological polar surface area (TPSA) is 139 Å². The van der Waals surface area contributed by atoms with Gasteiger partial charge in [0.25, 0.3) is 17.5 Å². The lowest BCUT2D eigenvalue weighted by Gasteiger charge is -2.11. The molecule has 0 aliphatic rings. The summed E-state index contributed by atoms with van der Waals surface area (Å²) in [5.41, 5.74) is 0.0688. The van der Waals surface area contributed by atoms with E-state index in [1.807, 2.05) is 0 Å². The van der Waals surface area contributed by atoms with Gasteiger partial charge in [0.05, 0.1) is 10.5 Å². The van der Waals surface area contributed by atoms with E-state index in [0.29, 0.717) is 4.47 Å². The lowest BCUT2D eigenvalue weighted by Crippen LogP contribution is -2.37. The lowest BCUT2D eigenvalue weighted by atomic mass is 10.1. The summed E-state index contributed by atoms with van der Waals surface area (Å²) in [5, 5.41) is 24.2. The molecule has 0 atom stereocenters. The van der Waals surface area contributed by atoms with Gasteiger partial charge < -0.3 is 15.7 Å². The molecule has 3 N–H and O–H groups in total. The number of nitrogens with one attached hydrogen (secondary N) is 2. The lowest BCUT2D eigenvalue weighted by molar-refractivity contribution is -0.384. The van der Waals surface area contributed by atoms with Crippen LogP contribution in [-0.2, 0) is 9.59 Å². The fraction of sp³-hybridized carbons (Fsp3) is 0.0556. The van der Waals surface area contributed by atoms with Gasteiger partial charge in [-0.05, 0) is 39.7 Å². The van der Waals surface area contributed by atoms with Crippen LogP contribution in [0, 0.1) is 10.1 Å². The van der Waals surface area contributed by atoms with E-state index < -0.39 is 29.3 Å². The van der Waals surface area contributed by atoms with Crippen LogP contribution in [0.1, 0.15) is 15.9 Å². The number of hydrogen-bond donors (Lipinski definition) is 3. The highest BCUT2D eigenvalue weighted by Crippen LogP contribution is 2.18. The van der Waals surface area contributed by atoms with E-state index in [9.17, 15) is 24.5 Å². The summed E-state index contributed by atoms with van der Waals surface area (Å²) < 4.78 is 0.494. The number of nitro benzene ring substituents is 1. The minimum absolute atomic E-state index is 0.198. The maximum absolute atomic E-state index is 12.5. The number of benzene rings is 2. The van der Waals surface area contributed by atoms with Crippen LogP contribution in [0.2, 0.25) is 0 Å². The maximum Gasteiger partial charge on any atom is 0.322 e. The Morgan fingerprint density at radius 2 is 1.86 bits per heavy atom. The smallest absolute Gasteiger partial charge is 0.322 e.